The summed E-state index contributed by atoms with van der Waals surface area (Å²) >= 11 is 6.24. The lowest BCUT2D eigenvalue weighted by molar-refractivity contribution is -0.121. The summed E-state index contributed by atoms with van der Waals surface area (Å²) in [5, 5.41) is 4.14. The Balaban J connectivity index is 2.35. The van der Waals surface area contributed by atoms with Crippen LogP contribution in [0, 0.1) is 0 Å². The first-order chi connectivity index (χ1) is 7.68. The summed E-state index contributed by atoms with van der Waals surface area (Å²) in [5.74, 6) is 0.359. The van der Waals surface area contributed by atoms with Crippen molar-refractivity contribution in [2.24, 2.45) is 0 Å². The number of carbonyl (C=O) groups excluding carboxylic acids is 1. The van der Waals surface area contributed by atoms with Crippen LogP contribution in [-0.2, 0) is 10.3 Å². The fourth-order valence-corrected chi connectivity index (χ4v) is 2.78. The topological polar surface area (TPSA) is 29.1 Å². The van der Waals surface area contributed by atoms with Gasteiger partial charge in [-0.25, -0.2) is 0 Å². The Morgan fingerprint density at radius 3 is 2.44 bits per heavy atom. The number of carbonyl (C=O) groups is 1. The molecule has 3 heteroatoms. The minimum absolute atomic E-state index is 0.119. The van der Waals surface area contributed by atoms with Crippen LogP contribution in [0.5, 0.6) is 0 Å². The zero-order valence-corrected chi connectivity index (χ0v) is 10.2. The molecule has 1 aromatic rings. The number of hydrogen-bond acceptors (Lipinski definition) is 2. The predicted molar refractivity (Wildman–Crippen MR) is 65.7 cm³/mol. The van der Waals surface area contributed by atoms with Crippen LogP contribution in [0.3, 0.4) is 0 Å². The molecule has 1 aromatic carbocycles. The first-order valence-corrected chi connectivity index (χ1v) is 6.01. The molecule has 1 saturated carbocycles. The van der Waals surface area contributed by atoms with Gasteiger partial charge in [-0.1, -0.05) is 29.8 Å². The Bertz CT molecular complexity index is 393. The number of rotatable bonds is 2. The molecule has 1 aliphatic rings. The zero-order chi connectivity index (χ0) is 11.6. The van der Waals surface area contributed by atoms with E-state index in [1.54, 1.807) is 0 Å². The Morgan fingerprint density at radius 1 is 1.25 bits per heavy atom. The van der Waals surface area contributed by atoms with Crippen LogP contribution in [0.25, 0.3) is 0 Å². The standard InChI is InChI=1S/C13H16ClNO/c1-15-13(8-6-10(16)7-9-13)11-4-2-3-5-12(11)14/h2-5,15H,6-9H2,1H3. The highest BCUT2D eigenvalue weighted by Gasteiger charge is 2.35. The van der Waals surface area contributed by atoms with Gasteiger partial charge in [0.25, 0.3) is 0 Å². The van der Waals surface area contributed by atoms with Gasteiger partial charge in [0.05, 0.1) is 0 Å². The minimum atomic E-state index is -0.119. The molecule has 1 aliphatic carbocycles. The third-order valence-electron chi connectivity index (χ3n) is 3.53. The number of Topliss-reactive ketones (excluding diaryl/α,β-unsaturated/α-hetero) is 1. The highest BCUT2D eigenvalue weighted by Crippen LogP contribution is 2.38. The van der Waals surface area contributed by atoms with E-state index in [1.807, 2.05) is 25.2 Å². The summed E-state index contributed by atoms with van der Waals surface area (Å²) in [5.41, 5.74) is 0.998. The van der Waals surface area contributed by atoms with Gasteiger partial charge in [-0.05, 0) is 31.5 Å². The van der Waals surface area contributed by atoms with Crippen molar-refractivity contribution in [2.45, 2.75) is 31.2 Å². The number of ketones is 1. The van der Waals surface area contributed by atoms with Gasteiger partial charge in [-0.15, -0.1) is 0 Å². The SMILES string of the molecule is CNC1(c2ccccc2Cl)CCC(=O)CC1. The molecule has 0 heterocycles. The van der Waals surface area contributed by atoms with Crippen LogP contribution in [0.2, 0.25) is 5.02 Å². The molecule has 0 aromatic heterocycles. The van der Waals surface area contributed by atoms with Gasteiger partial charge in [0, 0.05) is 23.4 Å². The van der Waals surface area contributed by atoms with E-state index in [2.05, 4.69) is 11.4 Å². The maximum absolute atomic E-state index is 11.3. The van der Waals surface area contributed by atoms with E-state index in [0.29, 0.717) is 18.6 Å². The van der Waals surface area contributed by atoms with Gasteiger partial charge in [-0.3, -0.25) is 4.79 Å². The summed E-state index contributed by atoms with van der Waals surface area (Å²) in [6.07, 6.45) is 2.97. The summed E-state index contributed by atoms with van der Waals surface area (Å²) in [6.45, 7) is 0. The molecule has 0 radical (unpaired) electrons. The van der Waals surface area contributed by atoms with E-state index in [9.17, 15) is 4.79 Å². The Morgan fingerprint density at radius 2 is 1.88 bits per heavy atom. The number of nitrogens with one attached hydrogen (secondary N) is 1. The molecule has 0 atom stereocenters. The first-order valence-electron chi connectivity index (χ1n) is 5.63. The lowest BCUT2D eigenvalue weighted by Gasteiger charge is -2.37. The second-order valence-corrected chi connectivity index (χ2v) is 4.76. The van der Waals surface area contributed by atoms with Crippen molar-refractivity contribution in [1.82, 2.24) is 5.32 Å². The molecule has 1 N–H and O–H groups in total. The van der Waals surface area contributed by atoms with E-state index in [-0.39, 0.29) is 5.54 Å². The minimum Gasteiger partial charge on any atom is -0.310 e. The molecule has 86 valence electrons. The van der Waals surface area contributed by atoms with E-state index in [4.69, 9.17) is 11.6 Å². The van der Waals surface area contributed by atoms with Crippen LogP contribution in [-0.4, -0.2) is 12.8 Å². The largest absolute Gasteiger partial charge is 0.310 e. The van der Waals surface area contributed by atoms with Crippen molar-refractivity contribution >= 4 is 17.4 Å². The lowest BCUT2D eigenvalue weighted by atomic mass is 9.76. The fraction of sp³-hybridized carbons (Fsp3) is 0.462. The van der Waals surface area contributed by atoms with Crippen LogP contribution < -0.4 is 5.32 Å². The van der Waals surface area contributed by atoms with Gasteiger partial charge in [0.1, 0.15) is 5.78 Å². The Hall–Kier alpha value is -0.860. The highest BCUT2D eigenvalue weighted by atomic mass is 35.5. The zero-order valence-electron chi connectivity index (χ0n) is 9.42. The van der Waals surface area contributed by atoms with E-state index < -0.39 is 0 Å². The van der Waals surface area contributed by atoms with Crippen molar-refractivity contribution in [1.29, 1.82) is 0 Å². The Labute approximate surface area is 101 Å². The third kappa shape index (κ3) is 2.00. The van der Waals surface area contributed by atoms with Crippen LogP contribution >= 0.6 is 11.6 Å². The molecule has 16 heavy (non-hydrogen) atoms. The molecule has 0 unspecified atom stereocenters. The fourth-order valence-electron chi connectivity index (χ4n) is 2.46. The lowest BCUT2D eigenvalue weighted by Crippen LogP contribution is -2.43. The monoisotopic (exact) mass is 237 g/mol. The molecular weight excluding hydrogens is 222 g/mol. The molecule has 2 nitrogen and oxygen atoms in total. The summed E-state index contributed by atoms with van der Waals surface area (Å²) < 4.78 is 0. The summed E-state index contributed by atoms with van der Waals surface area (Å²) in [6, 6.07) is 7.89. The van der Waals surface area contributed by atoms with E-state index in [0.717, 1.165) is 23.4 Å². The average molecular weight is 238 g/mol. The van der Waals surface area contributed by atoms with Crippen LogP contribution in [0.1, 0.15) is 31.2 Å². The van der Waals surface area contributed by atoms with Crippen LogP contribution in [0.4, 0.5) is 0 Å². The molecule has 0 spiro atoms. The van der Waals surface area contributed by atoms with Crippen molar-refractivity contribution in [3.05, 3.63) is 34.9 Å². The quantitative estimate of drug-likeness (QED) is 0.857. The summed E-state index contributed by atoms with van der Waals surface area (Å²) in [7, 11) is 1.94. The number of benzene rings is 1. The molecular formula is C13H16ClNO. The molecule has 0 saturated heterocycles. The van der Waals surface area contributed by atoms with Gasteiger partial charge < -0.3 is 5.32 Å². The van der Waals surface area contributed by atoms with Crippen molar-refractivity contribution in [3.8, 4) is 0 Å². The first kappa shape index (κ1) is 11.6. The second kappa shape index (κ2) is 4.56. The summed E-state index contributed by atoms with van der Waals surface area (Å²) in [4.78, 5) is 11.3. The smallest absolute Gasteiger partial charge is 0.133 e. The molecule has 1 fully saturated rings. The predicted octanol–water partition coefficient (Wildman–Crippen LogP) is 2.90. The molecule has 2 rings (SSSR count). The Kier molecular flexibility index (Phi) is 3.31. The number of halogens is 1. The number of hydrogen-bond donors (Lipinski definition) is 1. The van der Waals surface area contributed by atoms with Crippen molar-refractivity contribution in [3.63, 3.8) is 0 Å². The van der Waals surface area contributed by atoms with Crippen molar-refractivity contribution in [2.75, 3.05) is 7.05 Å². The maximum atomic E-state index is 11.3. The van der Waals surface area contributed by atoms with Gasteiger partial charge in [-0.2, -0.15) is 0 Å². The third-order valence-corrected chi connectivity index (χ3v) is 3.86. The van der Waals surface area contributed by atoms with Gasteiger partial charge in [0.15, 0.2) is 0 Å². The maximum Gasteiger partial charge on any atom is 0.133 e. The normalized spacial score (nSPS) is 19.8. The average Bonchev–Trinajstić information content (AvgIpc) is 2.32. The van der Waals surface area contributed by atoms with Crippen molar-refractivity contribution < 1.29 is 4.79 Å². The second-order valence-electron chi connectivity index (χ2n) is 4.35. The van der Waals surface area contributed by atoms with Gasteiger partial charge >= 0.3 is 0 Å². The van der Waals surface area contributed by atoms with Gasteiger partial charge in [0.2, 0.25) is 0 Å². The highest BCUT2D eigenvalue weighted by molar-refractivity contribution is 6.31. The van der Waals surface area contributed by atoms with E-state index >= 15 is 0 Å². The molecule has 0 aliphatic heterocycles. The molecule has 0 bridgehead atoms. The van der Waals surface area contributed by atoms with Crippen LogP contribution in [0.15, 0.2) is 24.3 Å². The molecule has 0 amide bonds. The van der Waals surface area contributed by atoms with E-state index in [1.165, 1.54) is 0 Å².